The first-order valence-corrected chi connectivity index (χ1v) is 2.90. The van der Waals surface area contributed by atoms with E-state index in [1.807, 2.05) is 0 Å². The molecule has 10 heavy (non-hydrogen) atoms. The maximum Gasteiger partial charge on any atom is 0.178 e. The average Bonchev–Trinajstić information content (AvgIpc) is 1.99. The molecule has 0 aromatic carbocycles. The van der Waals surface area contributed by atoms with Gasteiger partial charge in [-0.1, -0.05) is 0 Å². The second-order valence-corrected chi connectivity index (χ2v) is 1.81. The van der Waals surface area contributed by atoms with Crippen molar-refractivity contribution >= 4 is 0 Å². The molecule has 0 amide bonds. The molecule has 5 nitrogen and oxygen atoms in total. The molecule has 0 bridgehead atoms. The fraction of sp³-hybridized carbons (Fsp3) is 1.00. The van der Waals surface area contributed by atoms with E-state index in [1.54, 1.807) is 0 Å². The predicted molar refractivity (Wildman–Crippen MR) is 32.1 cm³/mol. The second kappa shape index (κ2) is 5.57. The van der Waals surface area contributed by atoms with Gasteiger partial charge >= 0.3 is 0 Å². The summed E-state index contributed by atoms with van der Waals surface area (Å²) < 4.78 is 4.44. The minimum atomic E-state index is -1.28. The van der Waals surface area contributed by atoms with Crippen molar-refractivity contribution in [1.82, 2.24) is 0 Å². The normalized spacial score (nSPS) is 16.8. The summed E-state index contributed by atoms with van der Waals surface area (Å²) in [6, 6.07) is 0. The van der Waals surface area contributed by atoms with Crippen LogP contribution in [0.1, 0.15) is 0 Å². The summed E-state index contributed by atoms with van der Waals surface area (Å²) in [5.74, 6) is 0. The molecule has 0 aromatic rings. The molecule has 0 rings (SSSR count). The summed E-state index contributed by atoms with van der Waals surface area (Å²) in [6.45, 7) is -1.12. The molecule has 0 spiro atoms. The zero-order chi connectivity index (χ0) is 7.98. The molecule has 0 aromatic heterocycles. The largest absolute Gasteiger partial charge is 0.394 e. The van der Waals surface area contributed by atoms with E-state index in [-0.39, 0.29) is 6.61 Å². The molecule has 2 atom stereocenters. The molecule has 0 aliphatic rings. The van der Waals surface area contributed by atoms with Gasteiger partial charge in [0.05, 0.1) is 19.8 Å². The van der Waals surface area contributed by atoms with Crippen LogP contribution < -0.4 is 0 Å². The van der Waals surface area contributed by atoms with Crippen molar-refractivity contribution in [2.45, 2.75) is 12.4 Å². The SMILES string of the molecule is OCC(O)COC(O)CO. The summed E-state index contributed by atoms with van der Waals surface area (Å²) in [7, 11) is 0. The van der Waals surface area contributed by atoms with Gasteiger partial charge in [-0.2, -0.15) is 0 Å². The summed E-state index contributed by atoms with van der Waals surface area (Å²) in [5.41, 5.74) is 0. The predicted octanol–water partition coefficient (Wildman–Crippen LogP) is -2.33. The third-order valence-electron chi connectivity index (χ3n) is 0.848. The van der Waals surface area contributed by atoms with Gasteiger partial charge in [0.1, 0.15) is 6.10 Å². The highest BCUT2D eigenvalue weighted by atomic mass is 16.6. The lowest BCUT2D eigenvalue weighted by Gasteiger charge is -2.11. The number of aliphatic hydroxyl groups excluding tert-OH is 4. The van der Waals surface area contributed by atoms with Crippen LogP contribution in [-0.4, -0.2) is 52.6 Å². The van der Waals surface area contributed by atoms with Crippen LogP contribution in [0.15, 0.2) is 0 Å². The van der Waals surface area contributed by atoms with Crippen molar-refractivity contribution in [3.8, 4) is 0 Å². The van der Waals surface area contributed by atoms with Gasteiger partial charge in [-0.3, -0.25) is 0 Å². The second-order valence-electron chi connectivity index (χ2n) is 1.81. The summed E-state index contributed by atoms with van der Waals surface area (Å²) in [4.78, 5) is 0. The van der Waals surface area contributed by atoms with Crippen LogP contribution in [-0.2, 0) is 4.74 Å². The monoisotopic (exact) mass is 152 g/mol. The number of ether oxygens (including phenoxy) is 1. The van der Waals surface area contributed by atoms with Gasteiger partial charge in [0, 0.05) is 0 Å². The Labute approximate surface area is 58.5 Å². The number of rotatable bonds is 5. The van der Waals surface area contributed by atoms with E-state index in [0.717, 1.165) is 0 Å². The van der Waals surface area contributed by atoms with E-state index < -0.39 is 25.6 Å². The summed E-state index contributed by atoms with van der Waals surface area (Å²) in [6.07, 6.45) is -2.28. The molecule has 0 aliphatic heterocycles. The first kappa shape index (κ1) is 9.80. The zero-order valence-electron chi connectivity index (χ0n) is 5.47. The fourth-order valence-corrected chi connectivity index (χ4v) is 0.328. The Bertz CT molecular complexity index is 66.4. The van der Waals surface area contributed by atoms with E-state index in [2.05, 4.69) is 4.74 Å². The molecular weight excluding hydrogens is 140 g/mol. The van der Waals surface area contributed by atoms with Gasteiger partial charge < -0.3 is 25.2 Å². The van der Waals surface area contributed by atoms with Gasteiger partial charge in [-0.25, -0.2) is 0 Å². The summed E-state index contributed by atoms with van der Waals surface area (Å²) in [5, 5.41) is 33.6. The Morgan fingerprint density at radius 2 is 1.70 bits per heavy atom. The first-order valence-electron chi connectivity index (χ1n) is 2.90. The average molecular weight is 152 g/mol. The highest BCUT2D eigenvalue weighted by molar-refractivity contribution is 4.49. The quantitative estimate of drug-likeness (QED) is 0.332. The smallest absolute Gasteiger partial charge is 0.178 e. The number of aliphatic hydroxyl groups is 4. The van der Waals surface area contributed by atoms with Gasteiger partial charge in [-0.05, 0) is 0 Å². The molecular formula is C5H12O5. The number of hydrogen-bond acceptors (Lipinski definition) is 5. The highest BCUT2D eigenvalue weighted by Gasteiger charge is 2.05. The van der Waals surface area contributed by atoms with Crippen molar-refractivity contribution in [2.24, 2.45) is 0 Å². The standard InChI is InChI=1S/C5H12O5/c6-1-4(8)3-10-5(9)2-7/h4-9H,1-3H2. The molecule has 62 valence electrons. The number of hydrogen-bond donors (Lipinski definition) is 4. The summed E-state index contributed by atoms with van der Waals surface area (Å²) >= 11 is 0. The van der Waals surface area contributed by atoms with Crippen molar-refractivity contribution in [1.29, 1.82) is 0 Å². The van der Waals surface area contributed by atoms with Gasteiger partial charge in [0.2, 0.25) is 0 Å². The minimum Gasteiger partial charge on any atom is -0.394 e. The topological polar surface area (TPSA) is 90.2 Å². The third-order valence-corrected chi connectivity index (χ3v) is 0.848. The Morgan fingerprint density at radius 3 is 2.10 bits per heavy atom. The van der Waals surface area contributed by atoms with Crippen LogP contribution in [0.2, 0.25) is 0 Å². The van der Waals surface area contributed by atoms with E-state index in [9.17, 15) is 0 Å². The Hall–Kier alpha value is -0.200. The zero-order valence-corrected chi connectivity index (χ0v) is 5.47. The van der Waals surface area contributed by atoms with Gasteiger partial charge in [0.15, 0.2) is 6.29 Å². The van der Waals surface area contributed by atoms with Crippen molar-refractivity contribution in [2.75, 3.05) is 19.8 Å². The van der Waals surface area contributed by atoms with Crippen LogP contribution in [0.5, 0.6) is 0 Å². The lowest BCUT2D eigenvalue weighted by Crippen LogP contribution is -2.25. The van der Waals surface area contributed by atoms with Crippen molar-refractivity contribution < 1.29 is 25.2 Å². The lowest BCUT2D eigenvalue weighted by atomic mass is 10.4. The van der Waals surface area contributed by atoms with Crippen LogP contribution in [0.4, 0.5) is 0 Å². The van der Waals surface area contributed by atoms with Crippen molar-refractivity contribution in [3.63, 3.8) is 0 Å². The molecule has 5 heteroatoms. The van der Waals surface area contributed by atoms with E-state index in [0.29, 0.717) is 0 Å². The van der Waals surface area contributed by atoms with E-state index in [4.69, 9.17) is 20.4 Å². The fourth-order valence-electron chi connectivity index (χ4n) is 0.328. The molecule has 0 heterocycles. The maximum absolute atomic E-state index is 8.63. The van der Waals surface area contributed by atoms with Gasteiger partial charge in [0.25, 0.3) is 0 Å². The molecule has 0 fully saturated rings. The molecule has 0 aliphatic carbocycles. The molecule has 0 radical (unpaired) electrons. The van der Waals surface area contributed by atoms with Crippen LogP contribution >= 0.6 is 0 Å². The van der Waals surface area contributed by atoms with Crippen LogP contribution in [0.25, 0.3) is 0 Å². The Kier molecular flexibility index (Phi) is 5.46. The minimum absolute atomic E-state index is 0.182. The molecule has 2 unspecified atom stereocenters. The van der Waals surface area contributed by atoms with Crippen LogP contribution in [0.3, 0.4) is 0 Å². The lowest BCUT2D eigenvalue weighted by molar-refractivity contribution is -0.145. The van der Waals surface area contributed by atoms with Gasteiger partial charge in [-0.15, -0.1) is 0 Å². The molecule has 0 saturated carbocycles. The third kappa shape index (κ3) is 4.66. The molecule has 0 saturated heterocycles. The van der Waals surface area contributed by atoms with Crippen molar-refractivity contribution in [3.05, 3.63) is 0 Å². The molecule has 4 N–H and O–H groups in total. The van der Waals surface area contributed by atoms with Crippen LogP contribution in [0, 0.1) is 0 Å². The maximum atomic E-state index is 8.63. The Morgan fingerprint density at radius 1 is 1.10 bits per heavy atom. The Balaban J connectivity index is 3.17. The van der Waals surface area contributed by atoms with E-state index >= 15 is 0 Å². The first-order chi connectivity index (χ1) is 4.70. The highest BCUT2D eigenvalue weighted by Crippen LogP contribution is 1.88. The van der Waals surface area contributed by atoms with E-state index in [1.165, 1.54) is 0 Å².